The molecule has 0 atom stereocenters. The standard InChI is InChI=1S/C25H29N7O4S2/c33-38(34)17-31(5-4-30-6-10-35-11-7-30)16-18-14-22-23(37-18)25(32-8-12-36-13-9-32)28-24(27-22)19-2-1-3-21-20(19)15-26-29-21/h1-3,14-15,17H,4-13,16H2,(H,26,29). The van der Waals surface area contributed by atoms with E-state index in [2.05, 4.69) is 26.1 Å². The van der Waals surface area contributed by atoms with Crippen molar-refractivity contribution in [2.45, 2.75) is 6.54 Å². The molecule has 5 heterocycles. The van der Waals surface area contributed by atoms with Gasteiger partial charge in [0.25, 0.3) is 0 Å². The van der Waals surface area contributed by atoms with Crippen LogP contribution in [0, 0.1) is 0 Å². The summed E-state index contributed by atoms with van der Waals surface area (Å²) in [6.45, 7) is 7.82. The van der Waals surface area contributed by atoms with Gasteiger partial charge in [-0.1, -0.05) is 12.1 Å². The molecule has 38 heavy (non-hydrogen) atoms. The first kappa shape index (κ1) is 25.3. The van der Waals surface area contributed by atoms with E-state index in [1.807, 2.05) is 23.1 Å². The molecule has 2 aliphatic heterocycles. The topological polar surface area (TPSA) is 117 Å². The number of ether oxygens (including phenoxy) is 2. The number of H-pyrrole nitrogens is 1. The van der Waals surface area contributed by atoms with E-state index in [9.17, 15) is 8.42 Å². The zero-order valence-electron chi connectivity index (χ0n) is 20.9. The number of rotatable bonds is 8. The number of benzene rings is 1. The first-order valence-electron chi connectivity index (χ1n) is 12.7. The predicted octanol–water partition coefficient (Wildman–Crippen LogP) is 1.84. The number of thiophene rings is 1. The molecule has 2 fully saturated rings. The Morgan fingerprint density at radius 2 is 1.87 bits per heavy atom. The van der Waals surface area contributed by atoms with Crippen LogP contribution in [0.5, 0.6) is 0 Å². The van der Waals surface area contributed by atoms with Crippen LogP contribution >= 0.6 is 11.3 Å². The van der Waals surface area contributed by atoms with Gasteiger partial charge in [0.1, 0.15) is 5.49 Å². The molecule has 0 amide bonds. The van der Waals surface area contributed by atoms with Crippen LogP contribution in [0.15, 0.2) is 30.5 Å². The maximum Gasteiger partial charge on any atom is 0.225 e. The quantitative estimate of drug-likeness (QED) is 0.323. The zero-order chi connectivity index (χ0) is 25.9. The lowest BCUT2D eigenvalue weighted by atomic mass is 10.1. The molecule has 1 aromatic carbocycles. The Kier molecular flexibility index (Phi) is 7.63. The fourth-order valence-corrected chi connectivity index (χ4v) is 6.46. The molecule has 2 aliphatic rings. The highest BCUT2D eigenvalue weighted by molar-refractivity contribution is 7.71. The fraction of sp³-hybridized carbons (Fsp3) is 0.440. The van der Waals surface area contributed by atoms with E-state index in [0.29, 0.717) is 45.3 Å². The Bertz CT molecular complexity index is 1550. The Hall–Kier alpha value is -2.94. The van der Waals surface area contributed by atoms with Crippen LogP contribution in [0.4, 0.5) is 5.82 Å². The van der Waals surface area contributed by atoms with Crippen molar-refractivity contribution in [1.82, 2.24) is 30.0 Å². The molecule has 3 aromatic heterocycles. The fourth-order valence-electron chi connectivity index (χ4n) is 4.90. The first-order chi connectivity index (χ1) is 18.6. The minimum absolute atomic E-state index is 0.481. The molecule has 6 rings (SSSR count). The Morgan fingerprint density at radius 1 is 1.08 bits per heavy atom. The molecule has 2 saturated heterocycles. The lowest BCUT2D eigenvalue weighted by Gasteiger charge is -2.28. The molecule has 0 unspecified atom stereocenters. The second-order valence-corrected chi connectivity index (χ2v) is 11.2. The van der Waals surface area contributed by atoms with Gasteiger partial charge in [0, 0.05) is 61.6 Å². The maximum atomic E-state index is 11.6. The van der Waals surface area contributed by atoms with Crippen LogP contribution in [0.3, 0.4) is 0 Å². The van der Waals surface area contributed by atoms with Gasteiger partial charge in [-0.05, 0) is 12.1 Å². The predicted molar refractivity (Wildman–Crippen MR) is 148 cm³/mol. The van der Waals surface area contributed by atoms with Crippen LogP contribution in [0.1, 0.15) is 4.88 Å². The number of nitrogens with one attached hydrogen (secondary N) is 1. The molecule has 4 aromatic rings. The van der Waals surface area contributed by atoms with Crippen molar-refractivity contribution in [3.8, 4) is 11.4 Å². The molecule has 11 nitrogen and oxygen atoms in total. The van der Waals surface area contributed by atoms with E-state index in [-0.39, 0.29) is 0 Å². The molecule has 0 saturated carbocycles. The largest absolute Gasteiger partial charge is 0.379 e. The number of fused-ring (bicyclic) bond motifs is 2. The van der Waals surface area contributed by atoms with Gasteiger partial charge >= 0.3 is 0 Å². The van der Waals surface area contributed by atoms with Crippen LogP contribution in [-0.2, 0) is 26.3 Å². The summed E-state index contributed by atoms with van der Waals surface area (Å²) < 4.78 is 35.2. The van der Waals surface area contributed by atoms with Crippen LogP contribution in [0.25, 0.3) is 32.5 Å². The molecule has 1 N–H and O–H groups in total. The highest BCUT2D eigenvalue weighted by atomic mass is 32.2. The van der Waals surface area contributed by atoms with Crippen LogP contribution in [0.2, 0.25) is 0 Å². The van der Waals surface area contributed by atoms with Crippen molar-refractivity contribution in [2.24, 2.45) is 0 Å². The number of aromatic amines is 1. The number of hydrogen-bond donors (Lipinski definition) is 1. The molecule has 0 bridgehead atoms. The van der Waals surface area contributed by atoms with Gasteiger partial charge in [-0.15, -0.1) is 11.3 Å². The summed E-state index contributed by atoms with van der Waals surface area (Å²) in [5.74, 6) is 1.54. The van der Waals surface area contributed by atoms with Crippen molar-refractivity contribution in [2.75, 3.05) is 70.6 Å². The summed E-state index contributed by atoms with van der Waals surface area (Å²) in [5, 5.41) is 8.19. The third-order valence-electron chi connectivity index (χ3n) is 6.84. The van der Waals surface area contributed by atoms with Gasteiger partial charge in [0.15, 0.2) is 11.6 Å². The average molecular weight is 556 g/mol. The van der Waals surface area contributed by atoms with Crippen molar-refractivity contribution < 1.29 is 17.9 Å². The smallest absolute Gasteiger partial charge is 0.225 e. The van der Waals surface area contributed by atoms with Crippen molar-refractivity contribution in [3.63, 3.8) is 0 Å². The molecule has 200 valence electrons. The minimum Gasteiger partial charge on any atom is -0.379 e. The normalized spacial score (nSPS) is 17.0. The summed E-state index contributed by atoms with van der Waals surface area (Å²) in [7, 11) is -2.29. The number of nitrogens with zero attached hydrogens (tertiary/aromatic N) is 6. The lowest BCUT2D eigenvalue weighted by molar-refractivity contribution is 0.0359. The molecular formula is C25H29N7O4S2. The van der Waals surface area contributed by atoms with Gasteiger partial charge in [-0.2, -0.15) is 13.5 Å². The summed E-state index contributed by atoms with van der Waals surface area (Å²) in [5.41, 5.74) is 3.99. The zero-order valence-corrected chi connectivity index (χ0v) is 22.5. The van der Waals surface area contributed by atoms with Crippen molar-refractivity contribution in [1.29, 1.82) is 0 Å². The minimum atomic E-state index is -2.29. The number of anilines is 1. The maximum absolute atomic E-state index is 11.6. The van der Waals surface area contributed by atoms with E-state index >= 15 is 0 Å². The van der Waals surface area contributed by atoms with Gasteiger partial charge in [-0.25, -0.2) is 9.97 Å². The summed E-state index contributed by atoms with van der Waals surface area (Å²) in [6.07, 6.45) is 1.80. The molecule has 0 aliphatic carbocycles. The third kappa shape index (κ3) is 5.58. The number of morpholine rings is 2. The monoisotopic (exact) mass is 555 g/mol. The van der Waals surface area contributed by atoms with Gasteiger partial charge in [-0.3, -0.25) is 14.9 Å². The second-order valence-electron chi connectivity index (χ2n) is 9.32. The van der Waals surface area contributed by atoms with E-state index in [1.54, 1.807) is 17.5 Å². The SMILES string of the molecule is O=S(=O)=CN(CCN1CCOCC1)Cc1cc2nc(-c3cccc4[nH]ncc34)nc(N3CCOCC3)c2s1. The Labute approximate surface area is 225 Å². The van der Waals surface area contributed by atoms with E-state index < -0.39 is 10.3 Å². The van der Waals surface area contributed by atoms with Gasteiger partial charge < -0.3 is 14.4 Å². The van der Waals surface area contributed by atoms with E-state index in [4.69, 9.17) is 19.4 Å². The summed E-state index contributed by atoms with van der Waals surface area (Å²) in [4.78, 5) is 17.5. The summed E-state index contributed by atoms with van der Waals surface area (Å²) in [6, 6.07) is 8.04. The second kappa shape index (κ2) is 11.4. The summed E-state index contributed by atoms with van der Waals surface area (Å²) >= 11 is 1.62. The highest BCUT2D eigenvalue weighted by Gasteiger charge is 2.22. The molecular weight excluding hydrogens is 526 g/mol. The van der Waals surface area contributed by atoms with Gasteiger partial charge in [0.05, 0.1) is 48.4 Å². The molecule has 13 heteroatoms. The number of aromatic nitrogens is 4. The highest BCUT2D eigenvalue weighted by Crippen LogP contribution is 2.36. The van der Waals surface area contributed by atoms with E-state index in [0.717, 1.165) is 70.1 Å². The van der Waals surface area contributed by atoms with Crippen molar-refractivity contribution >= 4 is 54.1 Å². The number of hydrogen-bond acceptors (Lipinski definition) is 10. The molecule has 0 radical (unpaired) electrons. The Morgan fingerprint density at radius 3 is 2.66 bits per heavy atom. The first-order valence-corrected chi connectivity index (χ1v) is 14.6. The van der Waals surface area contributed by atoms with E-state index in [1.165, 1.54) is 5.49 Å². The average Bonchev–Trinajstić information content (AvgIpc) is 3.58. The van der Waals surface area contributed by atoms with Crippen molar-refractivity contribution in [3.05, 3.63) is 35.3 Å². The Balaban J connectivity index is 1.35. The van der Waals surface area contributed by atoms with Crippen LogP contribution in [-0.4, -0.2) is 110 Å². The lowest BCUT2D eigenvalue weighted by Crippen LogP contribution is -2.41. The third-order valence-corrected chi connectivity index (χ3v) is 8.42. The molecule has 0 spiro atoms. The van der Waals surface area contributed by atoms with Gasteiger partial charge in [0.2, 0.25) is 10.3 Å². The van der Waals surface area contributed by atoms with Crippen LogP contribution < -0.4 is 4.90 Å².